The lowest BCUT2D eigenvalue weighted by Crippen LogP contribution is -2.35. The first-order valence-corrected chi connectivity index (χ1v) is 5.15. The molecule has 0 aliphatic carbocycles. The van der Waals surface area contributed by atoms with Crippen LogP contribution in [0.4, 0.5) is 13.2 Å². The van der Waals surface area contributed by atoms with Crippen molar-refractivity contribution in [3.63, 3.8) is 0 Å². The molecule has 0 unspecified atom stereocenters. The number of halogens is 3. The van der Waals surface area contributed by atoms with Crippen molar-refractivity contribution in [3.05, 3.63) is 12.2 Å². The SMILES string of the molecule is Cn1cnnc1CN(CCCO)CC(F)(F)F. The Morgan fingerprint density at radius 1 is 1.47 bits per heavy atom. The molecule has 0 atom stereocenters. The number of hydrogen-bond acceptors (Lipinski definition) is 4. The van der Waals surface area contributed by atoms with E-state index < -0.39 is 12.7 Å². The minimum Gasteiger partial charge on any atom is -0.396 e. The smallest absolute Gasteiger partial charge is 0.396 e. The Balaban J connectivity index is 2.60. The van der Waals surface area contributed by atoms with E-state index in [1.54, 1.807) is 11.6 Å². The van der Waals surface area contributed by atoms with Gasteiger partial charge in [0.2, 0.25) is 0 Å². The average molecular weight is 252 g/mol. The maximum absolute atomic E-state index is 12.3. The minimum absolute atomic E-state index is 0.0655. The highest BCUT2D eigenvalue weighted by Gasteiger charge is 2.30. The molecule has 5 nitrogen and oxygen atoms in total. The van der Waals surface area contributed by atoms with Gasteiger partial charge in [0.05, 0.1) is 13.1 Å². The highest BCUT2D eigenvalue weighted by Crippen LogP contribution is 2.17. The number of aliphatic hydroxyl groups is 1. The quantitative estimate of drug-likeness (QED) is 0.804. The van der Waals surface area contributed by atoms with Gasteiger partial charge in [0.15, 0.2) is 0 Å². The molecule has 0 aliphatic rings. The molecule has 17 heavy (non-hydrogen) atoms. The largest absolute Gasteiger partial charge is 0.401 e. The third kappa shape index (κ3) is 5.14. The maximum atomic E-state index is 12.3. The van der Waals surface area contributed by atoms with Gasteiger partial charge in [-0.05, 0) is 6.42 Å². The topological polar surface area (TPSA) is 54.2 Å². The van der Waals surface area contributed by atoms with Gasteiger partial charge in [0.1, 0.15) is 12.2 Å². The van der Waals surface area contributed by atoms with Gasteiger partial charge in [-0.2, -0.15) is 13.2 Å². The van der Waals surface area contributed by atoms with Crippen LogP contribution in [0, 0.1) is 0 Å². The fourth-order valence-electron chi connectivity index (χ4n) is 1.41. The second-order valence-electron chi connectivity index (χ2n) is 3.76. The maximum Gasteiger partial charge on any atom is 0.401 e. The van der Waals surface area contributed by atoms with Gasteiger partial charge in [-0.1, -0.05) is 0 Å². The molecule has 8 heteroatoms. The van der Waals surface area contributed by atoms with E-state index in [1.807, 2.05) is 0 Å². The van der Waals surface area contributed by atoms with Crippen LogP contribution in [0.1, 0.15) is 12.2 Å². The number of nitrogens with zero attached hydrogens (tertiary/aromatic N) is 4. The first kappa shape index (κ1) is 13.9. The molecule has 0 aliphatic heterocycles. The summed E-state index contributed by atoms with van der Waals surface area (Å²) in [6.07, 6.45) is -2.52. The van der Waals surface area contributed by atoms with Gasteiger partial charge in [-0.25, -0.2) is 0 Å². The second-order valence-corrected chi connectivity index (χ2v) is 3.76. The first-order valence-electron chi connectivity index (χ1n) is 5.15. The van der Waals surface area contributed by atoms with Crippen LogP contribution < -0.4 is 0 Å². The van der Waals surface area contributed by atoms with Crippen molar-refractivity contribution in [1.29, 1.82) is 0 Å². The number of alkyl halides is 3. The monoisotopic (exact) mass is 252 g/mol. The molecule has 0 bridgehead atoms. The highest BCUT2D eigenvalue weighted by molar-refractivity contribution is 4.84. The van der Waals surface area contributed by atoms with Crippen molar-refractivity contribution in [2.45, 2.75) is 19.1 Å². The summed E-state index contributed by atoms with van der Waals surface area (Å²) in [5.41, 5.74) is 0. The van der Waals surface area contributed by atoms with E-state index in [9.17, 15) is 13.2 Å². The Morgan fingerprint density at radius 3 is 2.65 bits per heavy atom. The third-order valence-corrected chi connectivity index (χ3v) is 2.21. The Morgan fingerprint density at radius 2 is 2.18 bits per heavy atom. The fraction of sp³-hybridized carbons (Fsp3) is 0.778. The van der Waals surface area contributed by atoms with Crippen LogP contribution in [0.15, 0.2) is 6.33 Å². The number of aliphatic hydroxyl groups excluding tert-OH is 1. The molecule has 0 radical (unpaired) electrons. The van der Waals surface area contributed by atoms with Crippen LogP contribution in [0.2, 0.25) is 0 Å². The van der Waals surface area contributed by atoms with Crippen LogP contribution >= 0.6 is 0 Å². The van der Waals surface area contributed by atoms with Crippen molar-refractivity contribution in [3.8, 4) is 0 Å². The molecule has 1 heterocycles. The van der Waals surface area contributed by atoms with Gasteiger partial charge in [0.25, 0.3) is 0 Å². The molecule has 1 aromatic heterocycles. The number of aromatic nitrogens is 3. The van der Waals surface area contributed by atoms with Gasteiger partial charge < -0.3 is 9.67 Å². The van der Waals surface area contributed by atoms with Gasteiger partial charge in [-0.3, -0.25) is 4.90 Å². The predicted molar refractivity (Wildman–Crippen MR) is 54.0 cm³/mol. The summed E-state index contributed by atoms with van der Waals surface area (Å²) in [5, 5.41) is 16.0. The summed E-state index contributed by atoms with van der Waals surface area (Å²) >= 11 is 0. The zero-order valence-electron chi connectivity index (χ0n) is 9.48. The lowest BCUT2D eigenvalue weighted by atomic mass is 10.3. The molecule has 98 valence electrons. The van der Waals surface area contributed by atoms with Crippen molar-refractivity contribution >= 4 is 0 Å². The fourth-order valence-corrected chi connectivity index (χ4v) is 1.41. The summed E-state index contributed by atoms with van der Waals surface area (Å²) in [6.45, 7) is -0.911. The van der Waals surface area contributed by atoms with Crippen molar-refractivity contribution in [1.82, 2.24) is 19.7 Å². The van der Waals surface area contributed by atoms with Crippen molar-refractivity contribution in [2.24, 2.45) is 7.05 Å². The normalized spacial score (nSPS) is 12.4. The molecule has 0 saturated heterocycles. The third-order valence-electron chi connectivity index (χ3n) is 2.21. The van der Waals surface area contributed by atoms with Crippen LogP contribution in [0.3, 0.4) is 0 Å². The lowest BCUT2D eigenvalue weighted by Gasteiger charge is -2.22. The van der Waals surface area contributed by atoms with Crippen LogP contribution in [0.25, 0.3) is 0 Å². The summed E-state index contributed by atoms with van der Waals surface area (Å²) in [5.74, 6) is 0.465. The molecule has 0 amide bonds. The van der Waals surface area contributed by atoms with E-state index >= 15 is 0 Å². The Hall–Kier alpha value is -1.15. The van der Waals surface area contributed by atoms with E-state index in [0.29, 0.717) is 12.2 Å². The highest BCUT2D eigenvalue weighted by atomic mass is 19.4. The van der Waals surface area contributed by atoms with Gasteiger partial charge >= 0.3 is 6.18 Å². The lowest BCUT2D eigenvalue weighted by molar-refractivity contribution is -0.147. The van der Waals surface area contributed by atoms with E-state index in [2.05, 4.69) is 10.2 Å². The van der Waals surface area contributed by atoms with Crippen molar-refractivity contribution < 1.29 is 18.3 Å². The van der Waals surface area contributed by atoms with E-state index in [-0.39, 0.29) is 19.7 Å². The minimum atomic E-state index is -4.26. The van der Waals surface area contributed by atoms with E-state index in [0.717, 1.165) is 0 Å². The Labute approximate surface area is 96.9 Å². The summed E-state index contributed by atoms with van der Waals surface area (Å²) < 4.78 is 38.5. The second kappa shape index (κ2) is 5.97. The zero-order chi connectivity index (χ0) is 12.9. The van der Waals surface area contributed by atoms with E-state index in [4.69, 9.17) is 5.11 Å². The van der Waals surface area contributed by atoms with Gasteiger partial charge in [0, 0.05) is 20.2 Å². The first-order chi connectivity index (χ1) is 7.92. The number of aryl methyl sites for hydroxylation is 1. The molecule has 0 spiro atoms. The molecule has 0 saturated carbocycles. The van der Waals surface area contributed by atoms with Crippen molar-refractivity contribution in [2.75, 3.05) is 19.7 Å². The standard InChI is InChI=1S/C9H15F3N4O/c1-15-7-13-14-8(15)5-16(3-2-4-17)6-9(10,11)12/h7,17H,2-6H2,1H3. The number of hydrogen-bond donors (Lipinski definition) is 1. The molecule has 1 N–H and O–H groups in total. The van der Waals surface area contributed by atoms with Crippen LogP contribution in [-0.4, -0.2) is 50.6 Å². The zero-order valence-corrected chi connectivity index (χ0v) is 9.48. The number of rotatable bonds is 6. The van der Waals surface area contributed by atoms with E-state index in [1.165, 1.54) is 11.2 Å². The van der Waals surface area contributed by atoms with Crippen LogP contribution in [-0.2, 0) is 13.6 Å². The molecular weight excluding hydrogens is 237 g/mol. The molecule has 0 aromatic carbocycles. The Kier molecular flexibility index (Phi) is 4.88. The summed E-state index contributed by atoms with van der Waals surface area (Å²) in [4.78, 5) is 1.19. The molecule has 1 aromatic rings. The van der Waals surface area contributed by atoms with Crippen LogP contribution in [0.5, 0.6) is 0 Å². The summed E-state index contributed by atoms with van der Waals surface area (Å²) in [7, 11) is 1.67. The molecule has 1 rings (SSSR count). The Bertz CT molecular complexity index is 339. The molecule has 0 fully saturated rings. The van der Waals surface area contributed by atoms with Gasteiger partial charge in [-0.15, -0.1) is 10.2 Å². The average Bonchev–Trinajstić information content (AvgIpc) is 2.59. The predicted octanol–water partition coefficient (Wildman–Crippen LogP) is 0.562. The molecular formula is C9H15F3N4O. The summed E-state index contributed by atoms with van der Waals surface area (Å²) in [6, 6.07) is 0.